The molecule has 1 atom stereocenters. The molecule has 154 valence electrons. The van der Waals surface area contributed by atoms with Gasteiger partial charge in [0.1, 0.15) is 0 Å². The first kappa shape index (κ1) is 19.9. The number of carbonyl (C=O) groups excluding carboxylic acids is 2. The van der Waals surface area contributed by atoms with Gasteiger partial charge in [0.2, 0.25) is 0 Å². The number of hydrogen-bond acceptors (Lipinski definition) is 5. The van der Waals surface area contributed by atoms with Crippen LogP contribution in [0.25, 0.3) is 10.8 Å². The Labute approximate surface area is 170 Å². The fourth-order valence-corrected chi connectivity index (χ4v) is 6.28. The third-order valence-corrected chi connectivity index (χ3v) is 7.69. The normalized spacial score (nSPS) is 21.3. The fraction of sp³-hybridized carbons (Fsp3) is 0.455. The second-order valence-corrected chi connectivity index (χ2v) is 10.1. The first-order chi connectivity index (χ1) is 13.9. The Morgan fingerprint density at radius 2 is 1.69 bits per heavy atom. The second kappa shape index (κ2) is 8.14. The molecule has 2 aromatic carbocycles. The van der Waals surface area contributed by atoms with Crippen LogP contribution in [0.15, 0.2) is 42.5 Å². The van der Waals surface area contributed by atoms with Gasteiger partial charge in [0.05, 0.1) is 17.1 Å². The molecule has 1 aliphatic heterocycles. The van der Waals surface area contributed by atoms with Crippen LogP contribution in [0.2, 0.25) is 0 Å². The summed E-state index contributed by atoms with van der Waals surface area (Å²) in [6, 6.07) is 12.6. The summed E-state index contributed by atoms with van der Waals surface area (Å²) in [5.41, 5.74) is 0.423. The third-order valence-electron chi connectivity index (χ3n) is 5.94. The monoisotopic (exact) mass is 415 g/mol. The lowest BCUT2D eigenvalue weighted by Gasteiger charge is -2.33. The molecular weight excluding hydrogens is 390 g/mol. The van der Waals surface area contributed by atoms with Gasteiger partial charge in [-0.3, -0.25) is 4.79 Å². The number of esters is 1. The van der Waals surface area contributed by atoms with Crippen molar-refractivity contribution in [2.45, 2.75) is 44.2 Å². The SMILES string of the molecule is O=C(OCC(=O)N(C1CCCC1)[C@H]1CCS(=O)(=O)C1)c1cccc2ccccc12. The summed E-state index contributed by atoms with van der Waals surface area (Å²) >= 11 is 0. The van der Waals surface area contributed by atoms with Crippen LogP contribution in [-0.2, 0) is 19.4 Å². The van der Waals surface area contributed by atoms with Crippen LogP contribution in [0.3, 0.4) is 0 Å². The average molecular weight is 416 g/mol. The largest absolute Gasteiger partial charge is 0.452 e. The van der Waals surface area contributed by atoms with Crippen molar-refractivity contribution in [3.05, 3.63) is 48.0 Å². The number of carbonyl (C=O) groups is 2. The van der Waals surface area contributed by atoms with Crippen molar-refractivity contribution in [3.63, 3.8) is 0 Å². The van der Waals surface area contributed by atoms with Crippen molar-refractivity contribution in [1.82, 2.24) is 4.90 Å². The topological polar surface area (TPSA) is 80.8 Å². The standard InChI is InChI=1S/C22H25NO5S/c24-21(23(17-8-2-3-9-17)18-12-13-29(26,27)15-18)14-28-22(25)20-11-5-7-16-6-1-4-10-19(16)20/h1,4-7,10-11,17-18H,2-3,8-9,12-15H2/t18-/m0/s1. The van der Waals surface area contributed by atoms with Crippen LogP contribution >= 0.6 is 0 Å². The van der Waals surface area contributed by atoms with E-state index < -0.39 is 15.8 Å². The van der Waals surface area contributed by atoms with E-state index in [0.717, 1.165) is 36.5 Å². The Morgan fingerprint density at radius 3 is 2.41 bits per heavy atom. The van der Waals surface area contributed by atoms with E-state index in [4.69, 9.17) is 4.74 Å². The quantitative estimate of drug-likeness (QED) is 0.702. The molecule has 2 aliphatic rings. The molecule has 7 heteroatoms. The second-order valence-electron chi connectivity index (χ2n) is 7.90. The van der Waals surface area contributed by atoms with Crippen molar-refractivity contribution in [2.75, 3.05) is 18.1 Å². The van der Waals surface area contributed by atoms with Crippen LogP contribution < -0.4 is 0 Å². The lowest BCUT2D eigenvalue weighted by Crippen LogP contribution is -2.48. The highest BCUT2D eigenvalue weighted by Crippen LogP contribution is 2.29. The molecule has 0 N–H and O–H groups in total. The lowest BCUT2D eigenvalue weighted by atomic mass is 10.0. The van der Waals surface area contributed by atoms with E-state index in [1.54, 1.807) is 17.0 Å². The molecule has 0 spiro atoms. The van der Waals surface area contributed by atoms with E-state index in [1.807, 2.05) is 30.3 Å². The van der Waals surface area contributed by atoms with Crippen LogP contribution in [0.4, 0.5) is 0 Å². The molecule has 2 fully saturated rings. The highest BCUT2D eigenvalue weighted by molar-refractivity contribution is 7.91. The van der Waals surface area contributed by atoms with E-state index in [1.165, 1.54) is 0 Å². The van der Waals surface area contributed by atoms with Gasteiger partial charge < -0.3 is 9.64 Å². The molecule has 1 aliphatic carbocycles. The van der Waals surface area contributed by atoms with Crippen molar-refractivity contribution in [1.29, 1.82) is 0 Å². The van der Waals surface area contributed by atoms with Gasteiger partial charge in [-0.05, 0) is 36.1 Å². The van der Waals surface area contributed by atoms with Gasteiger partial charge in [-0.25, -0.2) is 13.2 Å². The van der Waals surface area contributed by atoms with Gasteiger partial charge in [-0.15, -0.1) is 0 Å². The summed E-state index contributed by atoms with van der Waals surface area (Å²) in [6.45, 7) is -0.366. The zero-order chi connectivity index (χ0) is 20.4. The van der Waals surface area contributed by atoms with E-state index in [9.17, 15) is 18.0 Å². The van der Waals surface area contributed by atoms with E-state index >= 15 is 0 Å². The molecular formula is C22H25NO5S. The zero-order valence-electron chi connectivity index (χ0n) is 16.2. The molecule has 2 aromatic rings. The summed E-state index contributed by atoms with van der Waals surface area (Å²) in [5, 5.41) is 1.71. The first-order valence-corrected chi connectivity index (χ1v) is 11.9. The number of sulfone groups is 1. The van der Waals surface area contributed by atoms with E-state index in [2.05, 4.69) is 0 Å². The number of ether oxygens (including phenoxy) is 1. The Morgan fingerprint density at radius 1 is 0.966 bits per heavy atom. The molecule has 0 bridgehead atoms. The highest BCUT2D eigenvalue weighted by atomic mass is 32.2. The van der Waals surface area contributed by atoms with Gasteiger partial charge in [0.25, 0.3) is 5.91 Å². The molecule has 0 aromatic heterocycles. The molecule has 1 amide bonds. The van der Waals surface area contributed by atoms with Crippen molar-refractivity contribution < 1.29 is 22.7 Å². The third kappa shape index (κ3) is 4.29. The molecule has 29 heavy (non-hydrogen) atoms. The first-order valence-electron chi connectivity index (χ1n) is 10.1. The smallest absolute Gasteiger partial charge is 0.339 e. The maximum absolute atomic E-state index is 13.0. The molecule has 1 saturated carbocycles. The Bertz CT molecular complexity index is 1020. The number of amides is 1. The average Bonchev–Trinajstić information content (AvgIpc) is 3.36. The van der Waals surface area contributed by atoms with Gasteiger partial charge in [0.15, 0.2) is 16.4 Å². The lowest BCUT2D eigenvalue weighted by molar-refractivity contribution is -0.139. The van der Waals surface area contributed by atoms with Gasteiger partial charge in [-0.2, -0.15) is 0 Å². The number of hydrogen-bond donors (Lipinski definition) is 0. The number of fused-ring (bicyclic) bond motifs is 1. The number of rotatable bonds is 5. The Balaban J connectivity index is 1.48. The summed E-state index contributed by atoms with van der Waals surface area (Å²) < 4.78 is 29.2. The number of benzene rings is 2. The van der Waals surface area contributed by atoms with Crippen molar-refractivity contribution >= 4 is 32.5 Å². The molecule has 4 rings (SSSR count). The van der Waals surface area contributed by atoms with Crippen molar-refractivity contribution in [2.24, 2.45) is 0 Å². The fourth-order valence-electron chi connectivity index (χ4n) is 4.57. The molecule has 0 radical (unpaired) electrons. The highest BCUT2D eigenvalue weighted by Gasteiger charge is 2.39. The maximum Gasteiger partial charge on any atom is 0.339 e. The number of nitrogens with zero attached hydrogens (tertiary/aromatic N) is 1. The zero-order valence-corrected chi connectivity index (χ0v) is 17.1. The van der Waals surface area contributed by atoms with Gasteiger partial charge in [0, 0.05) is 12.1 Å². The van der Waals surface area contributed by atoms with E-state index in [-0.39, 0.29) is 36.1 Å². The summed E-state index contributed by atoms with van der Waals surface area (Å²) in [7, 11) is -3.10. The Kier molecular flexibility index (Phi) is 5.58. The molecule has 0 unspecified atom stereocenters. The van der Waals surface area contributed by atoms with Crippen LogP contribution in [-0.4, -0.2) is 55.4 Å². The van der Waals surface area contributed by atoms with Crippen LogP contribution in [0, 0.1) is 0 Å². The minimum absolute atomic E-state index is 0.00646. The summed E-state index contributed by atoms with van der Waals surface area (Å²) in [5.74, 6) is -0.718. The predicted octanol–water partition coefficient (Wildman–Crippen LogP) is 2.95. The van der Waals surface area contributed by atoms with Crippen molar-refractivity contribution in [3.8, 4) is 0 Å². The maximum atomic E-state index is 13.0. The summed E-state index contributed by atoms with van der Waals surface area (Å²) in [4.78, 5) is 27.3. The minimum Gasteiger partial charge on any atom is -0.452 e. The predicted molar refractivity (Wildman–Crippen MR) is 110 cm³/mol. The Hall–Kier alpha value is -2.41. The van der Waals surface area contributed by atoms with Gasteiger partial charge in [-0.1, -0.05) is 49.2 Å². The van der Waals surface area contributed by atoms with Gasteiger partial charge >= 0.3 is 5.97 Å². The molecule has 1 saturated heterocycles. The minimum atomic E-state index is -3.10. The summed E-state index contributed by atoms with van der Waals surface area (Å²) in [6.07, 6.45) is 4.27. The van der Waals surface area contributed by atoms with Crippen LogP contribution in [0.5, 0.6) is 0 Å². The van der Waals surface area contributed by atoms with E-state index in [0.29, 0.717) is 12.0 Å². The van der Waals surface area contributed by atoms with Crippen LogP contribution in [0.1, 0.15) is 42.5 Å². The molecule has 6 nitrogen and oxygen atoms in total. The molecule has 1 heterocycles.